The highest BCUT2D eigenvalue weighted by molar-refractivity contribution is 4.78. The third-order valence-corrected chi connectivity index (χ3v) is 4.99. The number of aliphatic hydroxyl groups excluding tert-OH is 1. The summed E-state index contributed by atoms with van der Waals surface area (Å²) < 4.78 is 17.8. The maximum atomic E-state index is 10.1. The number of unbranched alkanes of at least 4 members (excludes halogenated alkanes) is 5. The van der Waals surface area contributed by atoms with Crippen LogP contribution >= 0.6 is 0 Å². The van der Waals surface area contributed by atoms with E-state index in [2.05, 4.69) is 44.9 Å². The third-order valence-electron chi connectivity index (χ3n) is 4.99. The van der Waals surface area contributed by atoms with E-state index in [0.717, 1.165) is 39.0 Å². The van der Waals surface area contributed by atoms with Gasteiger partial charge in [0.05, 0.1) is 31.8 Å². The minimum Gasteiger partial charge on any atom is -0.396 e. The van der Waals surface area contributed by atoms with Gasteiger partial charge in [-0.3, -0.25) is 0 Å². The van der Waals surface area contributed by atoms with Gasteiger partial charge < -0.3 is 29.1 Å². The summed E-state index contributed by atoms with van der Waals surface area (Å²) >= 11 is 0. The molecule has 0 unspecified atom stereocenters. The van der Waals surface area contributed by atoms with Gasteiger partial charge in [-0.15, -0.1) is 0 Å². The zero-order chi connectivity index (χ0) is 21.8. The van der Waals surface area contributed by atoms with Crippen LogP contribution in [0.3, 0.4) is 0 Å². The Labute approximate surface area is 180 Å². The summed E-state index contributed by atoms with van der Waals surface area (Å²) in [6, 6.07) is 0. The Morgan fingerprint density at radius 3 is 1.45 bits per heavy atom. The first-order valence-electron chi connectivity index (χ1n) is 11.6. The molecule has 0 aromatic heterocycles. The Kier molecular flexibility index (Phi) is 19.5. The molecule has 0 amide bonds. The summed E-state index contributed by atoms with van der Waals surface area (Å²) in [6.07, 6.45) is 9.47. The minimum atomic E-state index is -0.474. The molecule has 0 radical (unpaired) electrons. The van der Waals surface area contributed by atoms with E-state index in [0.29, 0.717) is 33.0 Å². The molecule has 0 saturated carbocycles. The largest absolute Gasteiger partial charge is 0.396 e. The van der Waals surface area contributed by atoms with Crippen LogP contribution in [-0.4, -0.2) is 102 Å². The summed E-state index contributed by atoms with van der Waals surface area (Å²) in [7, 11) is 8.26. The topological polar surface area (TPSA) is 54.4 Å². The van der Waals surface area contributed by atoms with Gasteiger partial charge in [-0.05, 0) is 60.5 Å². The molecule has 29 heavy (non-hydrogen) atoms. The van der Waals surface area contributed by atoms with Crippen molar-refractivity contribution in [3.63, 3.8) is 0 Å². The lowest BCUT2D eigenvalue weighted by molar-refractivity contribution is -0.0940. The second-order valence-electron chi connectivity index (χ2n) is 8.90. The van der Waals surface area contributed by atoms with Crippen molar-refractivity contribution in [2.75, 3.05) is 87.5 Å². The van der Waals surface area contributed by atoms with Crippen molar-refractivity contribution in [2.24, 2.45) is 5.41 Å². The number of rotatable bonds is 22. The average molecular weight is 419 g/mol. The fourth-order valence-electron chi connectivity index (χ4n) is 3.08. The van der Waals surface area contributed by atoms with Crippen LogP contribution in [0.1, 0.15) is 58.3 Å². The van der Waals surface area contributed by atoms with E-state index in [1.165, 1.54) is 32.1 Å². The summed E-state index contributed by atoms with van der Waals surface area (Å²) in [6.45, 7) is 7.82. The molecule has 0 bridgehead atoms. The lowest BCUT2D eigenvalue weighted by Crippen LogP contribution is -2.41. The van der Waals surface area contributed by atoms with Crippen molar-refractivity contribution < 1.29 is 19.3 Å². The van der Waals surface area contributed by atoms with Crippen LogP contribution in [0.4, 0.5) is 0 Å². The van der Waals surface area contributed by atoms with E-state index in [1.807, 2.05) is 0 Å². The second-order valence-corrected chi connectivity index (χ2v) is 8.90. The molecular formula is C23H50N2O4. The van der Waals surface area contributed by atoms with E-state index in [9.17, 15) is 5.11 Å². The molecule has 0 aromatic rings. The van der Waals surface area contributed by atoms with E-state index in [4.69, 9.17) is 14.2 Å². The maximum absolute atomic E-state index is 10.1. The smallest absolute Gasteiger partial charge is 0.0635 e. The fourth-order valence-corrected chi connectivity index (χ4v) is 3.08. The molecule has 6 heteroatoms. The predicted octanol–water partition coefficient (Wildman–Crippen LogP) is 3.28. The molecule has 0 aromatic carbocycles. The molecule has 0 heterocycles. The number of hydrogen-bond donors (Lipinski definition) is 1. The Morgan fingerprint density at radius 1 is 0.621 bits per heavy atom. The van der Waals surface area contributed by atoms with E-state index >= 15 is 0 Å². The molecule has 1 N–H and O–H groups in total. The van der Waals surface area contributed by atoms with Gasteiger partial charge in [-0.2, -0.15) is 0 Å². The Bertz CT molecular complexity index is 323. The maximum Gasteiger partial charge on any atom is 0.0635 e. The highest BCUT2D eigenvalue weighted by Gasteiger charge is 2.31. The van der Waals surface area contributed by atoms with Crippen molar-refractivity contribution in [1.29, 1.82) is 0 Å². The van der Waals surface area contributed by atoms with E-state index in [1.54, 1.807) is 0 Å². The molecule has 0 spiro atoms. The van der Waals surface area contributed by atoms with E-state index < -0.39 is 5.41 Å². The Morgan fingerprint density at radius 2 is 1.03 bits per heavy atom. The standard InChI is InChI=1S/C23H50N2O4/c1-6-7-8-9-10-11-16-27-20-23(19-26,21-28-17-12-14-24(2)3)22-29-18-13-15-25(4)5/h26H,6-22H2,1-5H3. The Hall–Kier alpha value is -0.240. The van der Waals surface area contributed by atoms with Gasteiger partial charge in [0.25, 0.3) is 0 Å². The third kappa shape index (κ3) is 18.3. The first-order valence-corrected chi connectivity index (χ1v) is 11.6. The summed E-state index contributed by atoms with van der Waals surface area (Å²) in [4.78, 5) is 4.31. The van der Waals surface area contributed by atoms with Gasteiger partial charge in [0, 0.05) is 19.8 Å². The normalized spacial score (nSPS) is 12.4. The first-order chi connectivity index (χ1) is 14.0. The van der Waals surface area contributed by atoms with Gasteiger partial charge in [-0.1, -0.05) is 39.0 Å². The highest BCUT2D eigenvalue weighted by Crippen LogP contribution is 2.20. The molecular weight excluding hydrogens is 368 g/mol. The SMILES string of the molecule is CCCCCCCCOCC(CO)(COCCCN(C)C)COCCCN(C)C. The quantitative estimate of drug-likeness (QED) is 0.272. The fraction of sp³-hybridized carbons (Fsp3) is 1.00. The molecule has 0 aliphatic heterocycles. The van der Waals surface area contributed by atoms with Gasteiger partial charge in [0.15, 0.2) is 0 Å². The van der Waals surface area contributed by atoms with Crippen molar-refractivity contribution in [3.05, 3.63) is 0 Å². The molecule has 6 nitrogen and oxygen atoms in total. The highest BCUT2D eigenvalue weighted by atomic mass is 16.5. The zero-order valence-electron chi connectivity index (χ0n) is 20.1. The van der Waals surface area contributed by atoms with Gasteiger partial charge in [0.2, 0.25) is 0 Å². The lowest BCUT2D eigenvalue weighted by atomic mass is 9.92. The number of hydrogen-bond acceptors (Lipinski definition) is 6. The predicted molar refractivity (Wildman–Crippen MR) is 122 cm³/mol. The molecule has 0 aliphatic rings. The van der Waals surface area contributed by atoms with Crippen LogP contribution in [0.25, 0.3) is 0 Å². The number of nitrogens with zero attached hydrogens (tertiary/aromatic N) is 2. The molecule has 0 aliphatic carbocycles. The summed E-state index contributed by atoms with van der Waals surface area (Å²) in [5.74, 6) is 0. The van der Waals surface area contributed by atoms with Crippen molar-refractivity contribution in [3.8, 4) is 0 Å². The van der Waals surface area contributed by atoms with Crippen molar-refractivity contribution >= 4 is 0 Å². The summed E-state index contributed by atoms with van der Waals surface area (Å²) in [5.41, 5.74) is -0.474. The minimum absolute atomic E-state index is 0.0187. The van der Waals surface area contributed by atoms with Crippen LogP contribution in [0.15, 0.2) is 0 Å². The van der Waals surface area contributed by atoms with Crippen LogP contribution in [0.5, 0.6) is 0 Å². The lowest BCUT2D eigenvalue weighted by Gasteiger charge is -2.31. The first kappa shape index (κ1) is 28.8. The van der Waals surface area contributed by atoms with Crippen LogP contribution < -0.4 is 0 Å². The van der Waals surface area contributed by atoms with Gasteiger partial charge >= 0.3 is 0 Å². The van der Waals surface area contributed by atoms with Crippen LogP contribution in [0.2, 0.25) is 0 Å². The molecule has 176 valence electrons. The van der Waals surface area contributed by atoms with Gasteiger partial charge in [-0.25, -0.2) is 0 Å². The second kappa shape index (κ2) is 19.7. The summed E-state index contributed by atoms with van der Waals surface area (Å²) in [5, 5.41) is 10.1. The zero-order valence-corrected chi connectivity index (χ0v) is 20.1. The van der Waals surface area contributed by atoms with Crippen LogP contribution in [0, 0.1) is 5.41 Å². The monoisotopic (exact) mass is 418 g/mol. The molecule has 0 saturated heterocycles. The molecule has 0 fully saturated rings. The van der Waals surface area contributed by atoms with Crippen molar-refractivity contribution in [1.82, 2.24) is 9.80 Å². The van der Waals surface area contributed by atoms with E-state index in [-0.39, 0.29) is 6.61 Å². The molecule has 0 rings (SSSR count). The Balaban J connectivity index is 4.27. The number of ether oxygens (including phenoxy) is 3. The number of aliphatic hydroxyl groups is 1. The average Bonchev–Trinajstić information content (AvgIpc) is 2.68. The van der Waals surface area contributed by atoms with Crippen LogP contribution in [-0.2, 0) is 14.2 Å². The molecule has 0 atom stereocenters. The van der Waals surface area contributed by atoms with Crippen molar-refractivity contribution in [2.45, 2.75) is 58.3 Å². The van der Waals surface area contributed by atoms with Gasteiger partial charge in [0.1, 0.15) is 0 Å².